The molecule has 0 saturated heterocycles. The van der Waals surface area contributed by atoms with E-state index in [1.54, 1.807) is 24.3 Å². The van der Waals surface area contributed by atoms with Gasteiger partial charge in [0.05, 0.1) is 17.1 Å². The second-order valence-corrected chi connectivity index (χ2v) is 4.12. The van der Waals surface area contributed by atoms with Crippen LogP contribution in [0.25, 0.3) is 0 Å². The van der Waals surface area contributed by atoms with Crippen LogP contribution in [0.3, 0.4) is 0 Å². The van der Waals surface area contributed by atoms with E-state index in [-0.39, 0.29) is 18.0 Å². The van der Waals surface area contributed by atoms with Crippen molar-refractivity contribution in [2.24, 2.45) is 0 Å². The predicted octanol–water partition coefficient (Wildman–Crippen LogP) is 3.06. The summed E-state index contributed by atoms with van der Waals surface area (Å²) in [4.78, 5) is 9.95. The molecule has 0 unspecified atom stereocenters. The van der Waals surface area contributed by atoms with Crippen molar-refractivity contribution < 1.29 is 19.2 Å². The number of halogens is 1. The lowest BCUT2D eigenvalue weighted by Gasteiger charge is -2.06. The van der Waals surface area contributed by atoms with Gasteiger partial charge in [0, 0.05) is 12.7 Å². The van der Waals surface area contributed by atoms with Crippen molar-refractivity contribution in [3.63, 3.8) is 0 Å². The molecule has 0 spiro atoms. The number of aliphatic hydroxyl groups excluding tert-OH is 1. The van der Waals surface area contributed by atoms with Gasteiger partial charge in [-0.15, -0.1) is 0 Å². The van der Waals surface area contributed by atoms with E-state index in [9.17, 15) is 14.5 Å². The van der Waals surface area contributed by atoms with Gasteiger partial charge in [-0.1, -0.05) is 12.1 Å². The molecule has 0 atom stereocenters. The Hall–Kier alpha value is -2.47. The average Bonchev–Trinajstić information content (AvgIpc) is 2.40. The van der Waals surface area contributed by atoms with Crippen LogP contribution in [-0.2, 0) is 6.42 Å². The monoisotopic (exact) mass is 277 g/mol. The number of nitro benzene ring substituents is 1. The van der Waals surface area contributed by atoms with Crippen LogP contribution in [0, 0.1) is 15.9 Å². The molecular weight excluding hydrogens is 265 g/mol. The molecule has 0 heterocycles. The molecule has 2 aromatic carbocycles. The fraction of sp³-hybridized carbons (Fsp3) is 0.143. The van der Waals surface area contributed by atoms with Crippen molar-refractivity contribution in [2.45, 2.75) is 6.42 Å². The van der Waals surface area contributed by atoms with Crippen LogP contribution >= 0.6 is 0 Å². The van der Waals surface area contributed by atoms with Crippen LogP contribution in [0.15, 0.2) is 42.5 Å². The van der Waals surface area contributed by atoms with E-state index in [1.807, 2.05) is 0 Å². The number of rotatable bonds is 5. The summed E-state index contributed by atoms with van der Waals surface area (Å²) in [6, 6.07) is 9.90. The van der Waals surface area contributed by atoms with Gasteiger partial charge in [-0.25, -0.2) is 4.39 Å². The van der Waals surface area contributed by atoms with Gasteiger partial charge in [0.15, 0.2) is 0 Å². The summed E-state index contributed by atoms with van der Waals surface area (Å²) in [7, 11) is 0. The first-order valence-electron chi connectivity index (χ1n) is 5.91. The number of ether oxygens (including phenoxy) is 1. The molecule has 1 N–H and O–H groups in total. The normalized spacial score (nSPS) is 10.3. The highest BCUT2D eigenvalue weighted by Crippen LogP contribution is 2.27. The van der Waals surface area contributed by atoms with Crippen molar-refractivity contribution in [3.05, 3.63) is 64.0 Å². The number of benzene rings is 2. The molecule has 0 amide bonds. The molecule has 2 rings (SSSR count). The standard InChI is InChI=1S/C14H12FNO4/c15-11-7-12(16(18)19)9-14(8-11)20-13-3-1-10(2-4-13)5-6-17/h1-4,7-9,17H,5-6H2. The summed E-state index contributed by atoms with van der Waals surface area (Å²) in [5.41, 5.74) is 0.571. The quantitative estimate of drug-likeness (QED) is 0.673. The lowest BCUT2D eigenvalue weighted by molar-refractivity contribution is -0.385. The highest BCUT2D eigenvalue weighted by atomic mass is 19.1. The van der Waals surface area contributed by atoms with Crippen molar-refractivity contribution in [2.75, 3.05) is 6.61 Å². The first kappa shape index (κ1) is 14.0. The van der Waals surface area contributed by atoms with Crippen molar-refractivity contribution in [1.82, 2.24) is 0 Å². The van der Waals surface area contributed by atoms with Crippen LogP contribution in [0.1, 0.15) is 5.56 Å². The van der Waals surface area contributed by atoms with Crippen LogP contribution in [0.4, 0.5) is 10.1 Å². The average molecular weight is 277 g/mol. The van der Waals surface area contributed by atoms with E-state index in [1.165, 1.54) is 0 Å². The third-order valence-corrected chi connectivity index (χ3v) is 2.63. The molecule has 0 radical (unpaired) electrons. The number of nitro groups is 1. The lowest BCUT2D eigenvalue weighted by atomic mass is 10.1. The van der Waals surface area contributed by atoms with E-state index in [0.29, 0.717) is 12.2 Å². The number of hydrogen-bond donors (Lipinski definition) is 1. The van der Waals surface area contributed by atoms with E-state index in [4.69, 9.17) is 9.84 Å². The van der Waals surface area contributed by atoms with E-state index in [0.717, 1.165) is 23.8 Å². The highest BCUT2D eigenvalue weighted by Gasteiger charge is 2.11. The van der Waals surface area contributed by atoms with Crippen LogP contribution < -0.4 is 4.74 Å². The van der Waals surface area contributed by atoms with Crippen molar-refractivity contribution in [1.29, 1.82) is 0 Å². The molecule has 0 fully saturated rings. The Kier molecular flexibility index (Phi) is 4.27. The minimum atomic E-state index is -0.730. The predicted molar refractivity (Wildman–Crippen MR) is 70.4 cm³/mol. The Bertz CT molecular complexity index is 613. The molecule has 0 aliphatic carbocycles. The summed E-state index contributed by atoms with van der Waals surface area (Å²) < 4.78 is 18.6. The minimum absolute atomic E-state index is 0.0519. The molecule has 0 aromatic heterocycles. The van der Waals surface area contributed by atoms with Gasteiger partial charge in [-0.3, -0.25) is 10.1 Å². The van der Waals surface area contributed by atoms with Gasteiger partial charge in [0.2, 0.25) is 0 Å². The van der Waals surface area contributed by atoms with Gasteiger partial charge in [-0.2, -0.15) is 0 Å². The summed E-state index contributed by atoms with van der Waals surface area (Å²) in [6.07, 6.45) is 0.533. The van der Waals surface area contributed by atoms with E-state index < -0.39 is 10.7 Å². The van der Waals surface area contributed by atoms with Gasteiger partial charge in [0.25, 0.3) is 5.69 Å². The van der Waals surface area contributed by atoms with Crippen LogP contribution in [0.2, 0.25) is 0 Å². The Morgan fingerprint density at radius 1 is 1.15 bits per heavy atom. The first-order valence-corrected chi connectivity index (χ1v) is 5.91. The third-order valence-electron chi connectivity index (χ3n) is 2.63. The number of non-ortho nitro benzene ring substituents is 1. The maximum Gasteiger partial charge on any atom is 0.276 e. The van der Waals surface area contributed by atoms with Gasteiger partial charge < -0.3 is 9.84 Å². The third kappa shape index (κ3) is 3.52. The molecule has 5 nitrogen and oxygen atoms in total. The molecule has 6 heteroatoms. The molecule has 0 aliphatic rings. The van der Waals surface area contributed by atoms with Gasteiger partial charge >= 0.3 is 0 Å². The van der Waals surface area contributed by atoms with Crippen molar-refractivity contribution >= 4 is 5.69 Å². The Morgan fingerprint density at radius 3 is 2.45 bits per heavy atom. The Morgan fingerprint density at radius 2 is 1.85 bits per heavy atom. The molecular formula is C14H12FNO4. The molecule has 20 heavy (non-hydrogen) atoms. The zero-order valence-electron chi connectivity index (χ0n) is 10.5. The largest absolute Gasteiger partial charge is 0.457 e. The number of nitrogens with zero attached hydrogens (tertiary/aromatic N) is 1. The first-order chi connectivity index (χ1) is 9.58. The summed E-state index contributed by atoms with van der Waals surface area (Å²) >= 11 is 0. The van der Waals surface area contributed by atoms with E-state index in [2.05, 4.69) is 0 Å². The van der Waals surface area contributed by atoms with Crippen LogP contribution in [-0.4, -0.2) is 16.6 Å². The molecule has 0 saturated carbocycles. The molecule has 104 valence electrons. The smallest absolute Gasteiger partial charge is 0.276 e. The maximum atomic E-state index is 13.2. The van der Waals surface area contributed by atoms with Gasteiger partial charge in [0.1, 0.15) is 17.3 Å². The Labute approximate surface area is 114 Å². The lowest BCUT2D eigenvalue weighted by Crippen LogP contribution is -1.93. The minimum Gasteiger partial charge on any atom is -0.457 e. The summed E-state index contributed by atoms with van der Waals surface area (Å²) in [6.45, 7) is 0.0519. The van der Waals surface area contributed by atoms with E-state index >= 15 is 0 Å². The second kappa shape index (κ2) is 6.12. The maximum absolute atomic E-state index is 13.2. The number of hydrogen-bond acceptors (Lipinski definition) is 4. The molecule has 2 aromatic rings. The molecule has 0 bridgehead atoms. The zero-order chi connectivity index (χ0) is 14.5. The number of aliphatic hydroxyl groups is 1. The summed E-state index contributed by atoms with van der Waals surface area (Å²) in [5.74, 6) is -0.232. The highest BCUT2D eigenvalue weighted by molar-refractivity contribution is 5.41. The second-order valence-electron chi connectivity index (χ2n) is 4.12. The summed E-state index contributed by atoms with van der Waals surface area (Å²) in [5, 5.41) is 19.4. The van der Waals surface area contributed by atoms with Gasteiger partial charge in [-0.05, 0) is 24.1 Å². The fourth-order valence-corrected chi connectivity index (χ4v) is 1.70. The fourth-order valence-electron chi connectivity index (χ4n) is 1.70. The topological polar surface area (TPSA) is 72.6 Å². The molecule has 0 aliphatic heterocycles. The van der Waals surface area contributed by atoms with Crippen LogP contribution in [0.5, 0.6) is 11.5 Å². The zero-order valence-corrected chi connectivity index (χ0v) is 10.5. The SMILES string of the molecule is O=[N+]([O-])c1cc(F)cc(Oc2ccc(CCO)cc2)c1. The Balaban J connectivity index is 2.19. The van der Waals surface area contributed by atoms with Crippen molar-refractivity contribution in [3.8, 4) is 11.5 Å².